The molecule has 0 spiro atoms. The van der Waals surface area contributed by atoms with Crippen molar-refractivity contribution in [2.75, 3.05) is 26.2 Å². The molecule has 0 N–H and O–H groups in total. The van der Waals surface area contributed by atoms with Crippen molar-refractivity contribution in [1.29, 1.82) is 0 Å². The fraction of sp³-hybridized carbons (Fsp3) is 0.579. The third-order valence-electron chi connectivity index (χ3n) is 4.54. The molecule has 0 aliphatic carbocycles. The Labute approximate surface area is 130 Å². The van der Waals surface area contributed by atoms with Crippen molar-refractivity contribution in [2.24, 2.45) is 0 Å². The van der Waals surface area contributed by atoms with Gasteiger partial charge in [0.2, 0.25) is 0 Å². The second-order valence-corrected chi connectivity index (χ2v) is 6.52. The number of allylic oxidation sites excluding steroid dienone is 1. The van der Waals surface area contributed by atoms with E-state index in [9.17, 15) is 0 Å². The molecule has 0 atom stereocenters. The van der Waals surface area contributed by atoms with Gasteiger partial charge in [-0.15, -0.1) is 0 Å². The van der Waals surface area contributed by atoms with Gasteiger partial charge >= 0.3 is 0 Å². The quantitative estimate of drug-likeness (QED) is 0.783. The third kappa shape index (κ3) is 4.89. The summed E-state index contributed by atoms with van der Waals surface area (Å²) >= 11 is 0. The number of benzene rings is 1. The van der Waals surface area contributed by atoms with Crippen LogP contribution in [-0.2, 0) is 6.42 Å². The first-order valence-electron chi connectivity index (χ1n) is 8.28. The van der Waals surface area contributed by atoms with Gasteiger partial charge in [0.1, 0.15) is 0 Å². The molecule has 1 fully saturated rings. The normalized spacial score (nSPS) is 16.5. The average Bonchev–Trinajstić information content (AvgIpc) is 2.49. The lowest BCUT2D eigenvalue weighted by molar-refractivity contribution is 0.128. The molecular formula is C19H30N2. The zero-order chi connectivity index (χ0) is 15.2. The van der Waals surface area contributed by atoms with Crippen LogP contribution in [0.15, 0.2) is 36.5 Å². The first kappa shape index (κ1) is 16.1. The number of hydrogen-bond donors (Lipinski definition) is 0. The minimum Gasteiger partial charge on any atom is -0.373 e. The van der Waals surface area contributed by atoms with Crippen molar-refractivity contribution in [3.05, 3.63) is 47.7 Å². The molecule has 0 bridgehead atoms. The standard InChI is InChI=1S/C19H30N2/c1-16(2)20-12-14-21(15-13-20)18(4)6-5-7-19-10-8-17(3)9-11-19/h8-11,16H,4-7,12-15H2,1-3H3. The second-order valence-electron chi connectivity index (χ2n) is 6.52. The van der Waals surface area contributed by atoms with Crippen LogP contribution >= 0.6 is 0 Å². The van der Waals surface area contributed by atoms with Gasteiger partial charge in [0.15, 0.2) is 0 Å². The summed E-state index contributed by atoms with van der Waals surface area (Å²) in [5, 5.41) is 0. The first-order valence-corrected chi connectivity index (χ1v) is 8.28. The summed E-state index contributed by atoms with van der Waals surface area (Å²) < 4.78 is 0. The van der Waals surface area contributed by atoms with Crippen LogP contribution in [0.25, 0.3) is 0 Å². The van der Waals surface area contributed by atoms with Crippen molar-refractivity contribution < 1.29 is 0 Å². The molecule has 0 unspecified atom stereocenters. The predicted molar refractivity (Wildman–Crippen MR) is 91.5 cm³/mol. The van der Waals surface area contributed by atoms with Crippen molar-refractivity contribution in [1.82, 2.24) is 9.80 Å². The smallest absolute Gasteiger partial charge is 0.0303 e. The van der Waals surface area contributed by atoms with Gasteiger partial charge in [0.05, 0.1) is 0 Å². The fourth-order valence-corrected chi connectivity index (χ4v) is 2.96. The van der Waals surface area contributed by atoms with Gasteiger partial charge in [-0.2, -0.15) is 0 Å². The van der Waals surface area contributed by atoms with Crippen LogP contribution in [0.1, 0.15) is 37.8 Å². The maximum atomic E-state index is 4.30. The summed E-state index contributed by atoms with van der Waals surface area (Å²) in [6, 6.07) is 9.57. The summed E-state index contributed by atoms with van der Waals surface area (Å²) in [7, 11) is 0. The predicted octanol–water partition coefficient (Wildman–Crippen LogP) is 3.86. The molecule has 0 saturated carbocycles. The highest BCUT2D eigenvalue weighted by Gasteiger charge is 2.19. The Balaban J connectivity index is 1.69. The lowest BCUT2D eigenvalue weighted by Crippen LogP contribution is -2.48. The SMILES string of the molecule is C=C(CCCc1ccc(C)cc1)N1CCN(C(C)C)CC1. The van der Waals surface area contributed by atoms with Crippen molar-refractivity contribution in [2.45, 2.75) is 46.1 Å². The van der Waals surface area contributed by atoms with E-state index in [2.05, 4.69) is 61.4 Å². The minimum absolute atomic E-state index is 0.668. The van der Waals surface area contributed by atoms with Crippen LogP contribution in [-0.4, -0.2) is 42.0 Å². The molecule has 0 aromatic heterocycles. The van der Waals surface area contributed by atoms with E-state index in [0.29, 0.717) is 6.04 Å². The first-order chi connectivity index (χ1) is 10.1. The van der Waals surface area contributed by atoms with Crippen LogP contribution in [0, 0.1) is 6.92 Å². The van der Waals surface area contributed by atoms with Crippen molar-refractivity contribution >= 4 is 0 Å². The van der Waals surface area contributed by atoms with Gasteiger partial charge in [0, 0.05) is 37.9 Å². The molecule has 2 rings (SSSR count). The third-order valence-corrected chi connectivity index (χ3v) is 4.54. The number of piperazine rings is 1. The highest BCUT2D eigenvalue weighted by molar-refractivity contribution is 5.21. The van der Waals surface area contributed by atoms with E-state index in [0.717, 1.165) is 25.9 Å². The Hall–Kier alpha value is -1.28. The molecule has 1 saturated heterocycles. The maximum Gasteiger partial charge on any atom is 0.0303 e. The van der Waals surface area contributed by atoms with E-state index in [4.69, 9.17) is 0 Å². The topological polar surface area (TPSA) is 6.48 Å². The Kier molecular flexibility index (Phi) is 5.86. The van der Waals surface area contributed by atoms with E-state index in [-0.39, 0.29) is 0 Å². The molecule has 1 aromatic carbocycles. The number of aryl methyl sites for hydroxylation is 2. The molecule has 1 heterocycles. The highest BCUT2D eigenvalue weighted by Crippen LogP contribution is 2.16. The number of rotatable bonds is 6. The van der Waals surface area contributed by atoms with Gasteiger partial charge in [-0.1, -0.05) is 36.4 Å². The Morgan fingerprint density at radius 3 is 2.29 bits per heavy atom. The largest absolute Gasteiger partial charge is 0.373 e. The zero-order valence-electron chi connectivity index (χ0n) is 13.9. The van der Waals surface area contributed by atoms with Crippen molar-refractivity contribution in [3.8, 4) is 0 Å². The second kappa shape index (κ2) is 7.65. The van der Waals surface area contributed by atoms with E-state index in [1.807, 2.05) is 0 Å². The summed E-state index contributed by atoms with van der Waals surface area (Å²) in [5.41, 5.74) is 4.11. The molecular weight excluding hydrogens is 256 g/mol. The van der Waals surface area contributed by atoms with Gasteiger partial charge < -0.3 is 4.90 Å². The van der Waals surface area contributed by atoms with E-state index in [1.165, 1.54) is 36.3 Å². The van der Waals surface area contributed by atoms with E-state index >= 15 is 0 Å². The molecule has 2 heteroatoms. The van der Waals surface area contributed by atoms with Crippen LogP contribution in [0.2, 0.25) is 0 Å². The molecule has 21 heavy (non-hydrogen) atoms. The zero-order valence-corrected chi connectivity index (χ0v) is 13.9. The molecule has 116 valence electrons. The van der Waals surface area contributed by atoms with E-state index < -0.39 is 0 Å². The maximum absolute atomic E-state index is 4.30. The van der Waals surface area contributed by atoms with Crippen LogP contribution in [0.3, 0.4) is 0 Å². The summed E-state index contributed by atoms with van der Waals surface area (Å²) in [6.07, 6.45) is 3.48. The summed E-state index contributed by atoms with van der Waals surface area (Å²) in [6.45, 7) is 15.6. The Morgan fingerprint density at radius 1 is 1.10 bits per heavy atom. The van der Waals surface area contributed by atoms with Crippen LogP contribution in [0.5, 0.6) is 0 Å². The van der Waals surface area contributed by atoms with Gasteiger partial charge in [0.25, 0.3) is 0 Å². The number of nitrogens with zero attached hydrogens (tertiary/aromatic N) is 2. The lowest BCUT2D eigenvalue weighted by atomic mass is 10.1. The molecule has 1 aromatic rings. The fourth-order valence-electron chi connectivity index (χ4n) is 2.96. The monoisotopic (exact) mass is 286 g/mol. The van der Waals surface area contributed by atoms with E-state index in [1.54, 1.807) is 0 Å². The van der Waals surface area contributed by atoms with Gasteiger partial charge in [-0.05, 0) is 45.6 Å². The molecule has 1 aliphatic rings. The Morgan fingerprint density at radius 2 is 1.71 bits per heavy atom. The molecule has 0 amide bonds. The molecule has 1 aliphatic heterocycles. The lowest BCUT2D eigenvalue weighted by Gasteiger charge is -2.39. The summed E-state index contributed by atoms with van der Waals surface area (Å²) in [5.74, 6) is 0. The highest BCUT2D eigenvalue weighted by atomic mass is 15.3. The minimum atomic E-state index is 0.668. The van der Waals surface area contributed by atoms with Gasteiger partial charge in [-0.3, -0.25) is 4.90 Å². The van der Waals surface area contributed by atoms with Crippen molar-refractivity contribution in [3.63, 3.8) is 0 Å². The number of hydrogen-bond acceptors (Lipinski definition) is 2. The Bertz CT molecular complexity index is 439. The molecule has 2 nitrogen and oxygen atoms in total. The molecule has 0 radical (unpaired) electrons. The van der Waals surface area contributed by atoms with Crippen LogP contribution in [0.4, 0.5) is 0 Å². The average molecular weight is 286 g/mol. The summed E-state index contributed by atoms with van der Waals surface area (Å²) in [4.78, 5) is 5.03. The van der Waals surface area contributed by atoms with Gasteiger partial charge in [-0.25, -0.2) is 0 Å². The van der Waals surface area contributed by atoms with Crippen LogP contribution < -0.4 is 0 Å².